The van der Waals surface area contributed by atoms with E-state index in [1.165, 1.54) is 0 Å². The SMILES string of the molecule is O=C(C1CCC1)C1CCS(=O)(=O)C1. The maximum Gasteiger partial charge on any atom is 0.151 e. The van der Waals surface area contributed by atoms with Gasteiger partial charge in [0.2, 0.25) is 0 Å². The number of hydrogen-bond donors (Lipinski definition) is 0. The molecule has 3 nitrogen and oxygen atoms in total. The molecule has 4 heteroatoms. The van der Waals surface area contributed by atoms with Crippen LogP contribution in [0.4, 0.5) is 0 Å². The number of ketones is 1. The summed E-state index contributed by atoms with van der Waals surface area (Å²) in [6.07, 6.45) is 3.66. The zero-order valence-electron chi connectivity index (χ0n) is 7.53. The molecular weight excluding hydrogens is 188 g/mol. The van der Waals surface area contributed by atoms with E-state index in [9.17, 15) is 13.2 Å². The van der Waals surface area contributed by atoms with Gasteiger partial charge in [-0.05, 0) is 19.3 Å². The van der Waals surface area contributed by atoms with Crippen LogP contribution in [0.1, 0.15) is 25.7 Å². The molecule has 2 aliphatic rings. The first-order valence-electron chi connectivity index (χ1n) is 4.83. The standard InChI is InChI=1S/C9H14O3S/c10-9(7-2-1-3-7)8-4-5-13(11,12)6-8/h7-8H,1-6H2. The van der Waals surface area contributed by atoms with Crippen molar-refractivity contribution >= 4 is 15.6 Å². The van der Waals surface area contributed by atoms with Gasteiger partial charge in [-0.25, -0.2) is 8.42 Å². The average molecular weight is 202 g/mol. The number of Topliss-reactive ketones (excluding diaryl/α,β-unsaturated/α-hetero) is 1. The Hall–Kier alpha value is -0.380. The van der Waals surface area contributed by atoms with Crippen molar-refractivity contribution < 1.29 is 13.2 Å². The van der Waals surface area contributed by atoms with Gasteiger partial charge >= 0.3 is 0 Å². The van der Waals surface area contributed by atoms with Crippen LogP contribution in [-0.4, -0.2) is 25.7 Å². The first-order valence-corrected chi connectivity index (χ1v) is 6.65. The highest BCUT2D eigenvalue weighted by molar-refractivity contribution is 7.91. The first kappa shape index (κ1) is 9.19. The van der Waals surface area contributed by atoms with Crippen molar-refractivity contribution in [2.24, 2.45) is 11.8 Å². The van der Waals surface area contributed by atoms with Gasteiger partial charge in [-0.2, -0.15) is 0 Å². The second-order valence-corrected chi connectivity index (χ2v) is 6.36. The molecule has 0 bridgehead atoms. The molecule has 1 atom stereocenters. The van der Waals surface area contributed by atoms with Crippen molar-refractivity contribution in [1.29, 1.82) is 0 Å². The third-order valence-corrected chi connectivity index (χ3v) is 4.91. The van der Waals surface area contributed by atoms with Crippen LogP contribution in [0, 0.1) is 11.8 Å². The number of carbonyl (C=O) groups excluding carboxylic acids is 1. The Bertz CT molecular complexity index is 314. The Labute approximate surface area is 78.4 Å². The molecule has 0 aromatic rings. The van der Waals surface area contributed by atoms with E-state index in [1.807, 2.05) is 0 Å². The molecule has 74 valence electrons. The zero-order chi connectivity index (χ0) is 9.47. The van der Waals surface area contributed by atoms with E-state index in [1.54, 1.807) is 0 Å². The molecule has 0 spiro atoms. The quantitative estimate of drug-likeness (QED) is 0.665. The Morgan fingerprint density at radius 1 is 1.08 bits per heavy atom. The molecule has 1 aliphatic carbocycles. The van der Waals surface area contributed by atoms with E-state index in [0.29, 0.717) is 6.42 Å². The monoisotopic (exact) mass is 202 g/mol. The van der Waals surface area contributed by atoms with Crippen molar-refractivity contribution in [1.82, 2.24) is 0 Å². The summed E-state index contributed by atoms with van der Waals surface area (Å²) < 4.78 is 22.2. The molecule has 0 amide bonds. The van der Waals surface area contributed by atoms with Crippen LogP contribution < -0.4 is 0 Å². The van der Waals surface area contributed by atoms with Gasteiger partial charge in [0.1, 0.15) is 5.78 Å². The molecule has 2 fully saturated rings. The van der Waals surface area contributed by atoms with Gasteiger partial charge in [0, 0.05) is 11.8 Å². The molecule has 0 aromatic carbocycles. The van der Waals surface area contributed by atoms with Gasteiger partial charge in [-0.3, -0.25) is 4.79 Å². The van der Waals surface area contributed by atoms with Gasteiger partial charge in [0.25, 0.3) is 0 Å². The molecule has 1 heterocycles. The van der Waals surface area contributed by atoms with E-state index in [-0.39, 0.29) is 29.1 Å². The van der Waals surface area contributed by atoms with Gasteiger partial charge < -0.3 is 0 Å². The topological polar surface area (TPSA) is 51.2 Å². The van der Waals surface area contributed by atoms with Crippen LogP contribution in [0.5, 0.6) is 0 Å². The third kappa shape index (κ3) is 1.77. The van der Waals surface area contributed by atoms with Crippen molar-refractivity contribution in [3.05, 3.63) is 0 Å². The predicted molar refractivity (Wildman–Crippen MR) is 49.1 cm³/mol. The summed E-state index contributed by atoms with van der Waals surface area (Å²) in [4.78, 5) is 11.7. The van der Waals surface area contributed by atoms with Crippen LogP contribution in [-0.2, 0) is 14.6 Å². The van der Waals surface area contributed by atoms with Crippen molar-refractivity contribution in [2.75, 3.05) is 11.5 Å². The minimum absolute atomic E-state index is 0.113. The number of hydrogen-bond acceptors (Lipinski definition) is 3. The molecule has 1 saturated heterocycles. The molecule has 2 rings (SSSR count). The van der Waals surface area contributed by atoms with Crippen LogP contribution in [0.25, 0.3) is 0 Å². The fourth-order valence-electron chi connectivity index (χ4n) is 2.05. The lowest BCUT2D eigenvalue weighted by atomic mass is 9.78. The van der Waals surface area contributed by atoms with Crippen LogP contribution in [0.15, 0.2) is 0 Å². The lowest BCUT2D eigenvalue weighted by Crippen LogP contribution is -2.29. The van der Waals surface area contributed by atoms with Crippen LogP contribution >= 0.6 is 0 Å². The summed E-state index contributed by atoms with van der Waals surface area (Å²) in [5, 5.41) is 0. The Morgan fingerprint density at radius 2 is 1.77 bits per heavy atom. The van der Waals surface area contributed by atoms with E-state index >= 15 is 0 Å². The number of carbonyl (C=O) groups is 1. The lowest BCUT2D eigenvalue weighted by molar-refractivity contribution is -0.128. The Morgan fingerprint density at radius 3 is 2.15 bits per heavy atom. The highest BCUT2D eigenvalue weighted by atomic mass is 32.2. The minimum Gasteiger partial charge on any atom is -0.299 e. The van der Waals surface area contributed by atoms with Gasteiger partial charge in [0.05, 0.1) is 11.5 Å². The zero-order valence-corrected chi connectivity index (χ0v) is 8.35. The van der Waals surface area contributed by atoms with Crippen molar-refractivity contribution in [3.8, 4) is 0 Å². The largest absolute Gasteiger partial charge is 0.299 e. The van der Waals surface area contributed by atoms with E-state index in [2.05, 4.69) is 0 Å². The normalized spacial score (nSPS) is 32.8. The molecule has 1 unspecified atom stereocenters. The fourth-order valence-corrected chi connectivity index (χ4v) is 3.80. The Balaban J connectivity index is 1.99. The van der Waals surface area contributed by atoms with E-state index in [4.69, 9.17) is 0 Å². The van der Waals surface area contributed by atoms with Gasteiger partial charge in [-0.15, -0.1) is 0 Å². The fraction of sp³-hybridized carbons (Fsp3) is 0.889. The van der Waals surface area contributed by atoms with Gasteiger partial charge in [0.15, 0.2) is 9.84 Å². The summed E-state index contributed by atoms with van der Waals surface area (Å²) in [7, 11) is -2.88. The summed E-state index contributed by atoms with van der Waals surface area (Å²) in [5.41, 5.74) is 0. The highest BCUT2D eigenvalue weighted by Crippen LogP contribution is 2.32. The predicted octanol–water partition coefficient (Wildman–Crippen LogP) is 0.790. The first-order chi connectivity index (χ1) is 6.08. The smallest absolute Gasteiger partial charge is 0.151 e. The summed E-state index contributed by atoms with van der Waals surface area (Å²) in [5.74, 6) is 0.569. The Kier molecular flexibility index (Phi) is 2.18. The lowest BCUT2D eigenvalue weighted by Gasteiger charge is -2.25. The maximum atomic E-state index is 11.7. The molecule has 0 radical (unpaired) electrons. The molecule has 0 aromatic heterocycles. The van der Waals surface area contributed by atoms with Crippen molar-refractivity contribution in [2.45, 2.75) is 25.7 Å². The maximum absolute atomic E-state index is 11.7. The number of rotatable bonds is 2. The second kappa shape index (κ2) is 3.08. The summed E-state index contributed by atoms with van der Waals surface area (Å²) in [6, 6.07) is 0. The van der Waals surface area contributed by atoms with E-state index in [0.717, 1.165) is 19.3 Å². The second-order valence-electron chi connectivity index (χ2n) is 4.13. The van der Waals surface area contributed by atoms with Gasteiger partial charge in [-0.1, -0.05) is 6.42 Å². The highest BCUT2D eigenvalue weighted by Gasteiger charge is 2.37. The molecule has 1 saturated carbocycles. The molecular formula is C9H14O3S. The van der Waals surface area contributed by atoms with Crippen LogP contribution in [0.2, 0.25) is 0 Å². The average Bonchev–Trinajstić information content (AvgIpc) is 2.26. The summed E-state index contributed by atoms with van der Waals surface area (Å²) >= 11 is 0. The number of sulfone groups is 1. The van der Waals surface area contributed by atoms with Crippen LogP contribution in [0.3, 0.4) is 0 Å². The van der Waals surface area contributed by atoms with Crippen molar-refractivity contribution in [3.63, 3.8) is 0 Å². The van der Waals surface area contributed by atoms with E-state index < -0.39 is 9.84 Å². The molecule has 0 N–H and O–H groups in total. The molecule has 1 aliphatic heterocycles. The molecule has 13 heavy (non-hydrogen) atoms. The third-order valence-electron chi connectivity index (χ3n) is 3.14. The summed E-state index contributed by atoms with van der Waals surface area (Å²) in [6.45, 7) is 0. The minimum atomic E-state index is -2.88.